The SMILES string of the molecule is CC[C@@H]1CN(C(=O)NCC2CC2)C[C@@H]1c1nnc2cnc3[nH]ccc3n12. The molecule has 26 heavy (non-hydrogen) atoms. The van der Waals surface area contributed by atoms with Crippen LogP contribution in [0.3, 0.4) is 0 Å². The summed E-state index contributed by atoms with van der Waals surface area (Å²) in [5.74, 6) is 2.18. The maximum absolute atomic E-state index is 12.5. The van der Waals surface area contributed by atoms with Gasteiger partial charge in [-0.1, -0.05) is 13.3 Å². The highest BCUT2D eigenvalue weighted by molar-refractivity contribution is 5.75. The molecule has 0 spiro atoms. The summed E-state index contributed by atoms with van der Waals surface area (Å²) in [5.41, 5.74) is 2.55. The van der Waals surface area contributed by atoms with E-state index in [1.807, 2.05) is 17.2 Å². The number of hydrogen-bond donors (Lipinski definition) is 2. The number of aromatic nitrogens is 5. The molecule has 1 saturated carbocycles. The monoisotopic (exact) mass is 353 g/mol. The standard InChI is InChI=1S/C18H23N7O/c1-2-12-9-24(18(26)21-7-11-3-4-11)10-13(12)17-23-22-15-8-20-16-14(25(15)17)5-6-19-16/h5-6,8,11-13,19H,2-4,7,9-10H2,1H3,(H,21,26)/t12-,13+/m1/s1. The molecule has 8 heteroatoms. The maximum Gasteiger partial charge on any atom is 0.317 e. The normalized spacial score (nSPS) is 23.2. The Hall–Kier alpha value is -2.64. The summed E-state index contributed by atoms with van der Waals surface area (Å²) >= 11 is 0. The van der Waals surface area contributed by atoms with Crippen LogP contribution < -0.4 is 5.32 Å². The molecule has 0 bridgehead atoms. The molecule has 5 rings (SSSR count). The molecular weight excluding hydrogens is 330 g/mol. The van der Waals surface area contributed by atoms with Crippen molar-refractivity contribution < 1.29 is 4.79 Å². The van der Waals surface area contributed by atoms with Crippen LogP contribution in [0.5, 0.6) is 0 Å². The van der Waals surface area contributed by atoms with Gasteiger partial charge in [0.25, 0.3) is 0 Å². The van der Waals surface area contributed by atoms with E-state index in [1.54, 1.807) is 6.20 Å². The van der Waals surface area contributed by atoms with Crippen LogP contribution in [0.2, 0.25) is 0 Å². The Morgan fingerprint density at radius 2 is 2.23 bits per heavy atom. The zero-order chi connectivity index (χ0) is 17.7. The van der Waals surface area contributed by atoms with Crippen molar-refractivity contribution in [3.8, 4) is 0 Å². The van der Waals surface area contributed by atoms with Crippen LogP contribution in [0.15, 0.2) is 18.5 Å². The van der Waals surface area contributed by atoms with Gasteiger partial charge in [-0.3, -0.25) is 4.40 Å². The number of urea groups is 1. The Balaban J connectivity index is 1.45. The first-order valence-corrected chi connectivity index (χ1v) is 9.44. The first-order valence-electron chi connectivity index (χ1n) is 9.44. The zero-order valence-electron chi connectivity index (χ0n) is 14.9. The van der Waals surface area contributed by atoms with Gasteiger partial charge in [-0.05, 0) is 30.7 Å². The number of H-pyrrole nitrogens is 1. The lowest BCUT2D eigenvalue weighted by Crippen LogP contribution is -2.39. The molecule has 0 aromatic carbocycles. The topological polar surface area (TPSA) is 91.2 Å². The number of carbonyl (C=O) groups is 1. The van der Waals surface area contributed by atoms with E-state index in [9.17, 15) is 4.79 Å². The Kier molecular flexibility index (Phi) is 3.58. The summed E-state index contributed by atoms with van der Waals surface area (Å²) in [6, 6.07) is 2.05. The fraction of sp³-hybridized carbons (Fsp3) is 0.556. The third-order valence-corrected chi connectivity index (χ3v) is 5.79. The number of nitrogens with one attached hydrogen (secondary N) is 2. The number of amides is 2. The van der Waals surface area contributed by atoms with Gasteiger partial charge >= 0.3 is 6.03 Å². The second-order valence-corrected chi connectivity index (χ2v) is 7.53. The molecule has 8 nitrogen and oxygen atoms in total. The third kappa shape index (κ3) is 2.51. The predicted molar refractivity (Wildman–Crippen MR) is 96.9 cm³/mol. The van der Waals surface area contributed by atoms with Gasteiger partial charge in [0.15, 0.2) is 11.3 Å². The van der Waals surface area contributed by atoms with Crippen LogP contribution in [-0.4, -0.2) is 55.1 Å². The highest BCUT2D eigenvalue weighted by Crippen LogP contribution is 2.35. The smallest absolute Gasteiger partial charge is 0.317 e. The molecule has 2 fully saturated rings. The molecular formula is C18H23N7O. The summed E-state index contributed by atoms with van der Waals surface area (Å²) in [7, 11) is 0. The van der Waals surface area contributed by atoms with Crippen LogP contribution >= 0.6 is 0 Å². The van der Waals surface area contributed by atoms with Crippen molar-refractivity contribution in [1.29, 1.82) is 0 Å². The van der Waals surface area contributed by atoms with E-state index < -0.39 is 0 Å². The Bertz CT molecular complexity index is 957. The van der Waals surface area contributed by atoms with E-state index >= 15 is 0 Å². The van der Waals surface area contributed by atoms with Crippen molar-refractivity contribution in [2.24, 2.45) is 11.8 Å². The molecule has 3 aromatic rings. The molecule has 2 amide bonds. The largest absolute Gasteiger partial charge is 0.345 e. The minimum absolute atomic E-state index is 0.0557. The van der Waals surface area contributed by atoms with Gasteiger partial charge in [0.1, 0.15) is 5.82 Å². The van der Waals surface area contributed by atoms with E-state index in [0.29, 0.717) is 18.4 Å². The molecule has 0 unspecified atom stereocenters. The van der Waals surface area contributed by atoms with Crippen molar-refractivity contribution in [2.75, 3.05) is 19.6 Å². The highest BCUT2D eigenvalue weighted by Gasteiger charge is 2.38. The van der Waals surface area contributed by atoms with Crippen LogP contribution in [0.4, 0.5) is 4.79 Å². The predicted octanol–water partition coefficient (Wildman–Crippen LogP) is 2.15. The van der Waals surface area contributed by atoms with Crippen molar-refractivity contribution in [3.05, 3.63) is 24.3 Å². The minimum Gasteiger partial charge on any atom is -0.345 e. The van der Waals surface area contributed by atoms with Crippen LogP contribution in [-0.2, 0) is 0 Å². The summed E-state index contributed by atoms with van der Waals surface area (Å²) in [6.07, 6.45) is 7.11. The number of aromatic amines is 1. The third-order valence-electron chi connectivity index (χ3n) is 5.79. The van der Waals surface area contributed by atoms with Gasteiger partial charge in [0, 0.05) is 31.7 Å². The fourth-order valence-electron chi connectivity index (χ4n) is 4.05. The van der Waals surface area contributed by atoms with Gasteiger partial charge < -0.3 is 15.2 Å². The minimum atomic E-state index is 0.0557. The van der Waals surface area contributed by atoms with E-state index in [4.69, 9.17) is 0 Å². The molecule has 0 radical (unpaired) electrons. The molecule has 1 saturated heterocycles. The highest BCUT2D eigenvalue weighted by atomic mass is 16.2. The lowest BCUT2D eigenvalue weighted by Gasteiger charge is -2.17. The number of carbonyl (C=O) groups excluding carboxylic acids is 1. The molecule has 1 aliphatic carbocycles. The molecule has 2 atom stereocenters. The second kappa shape index (κ2) is 5.96. The molecule has 2 N–H and O–H groups in total. The molecule has 2 aliphatic rings. The number of nitrogens with zero attached hydrogens (tertiary/aromatic N) is 5. The second-order valence-electron chi connectivity index (χ2n) is 7.53. The van der Waals surface area contributed by atoms with Gasteiger partial charge in [0.2, 0.25) is 0 Å². The molecule has 4 heterocycles. The van der Waals surface area contributed by atoms with Gasteiger partial charge in [-0.25, -0.2) is 9.78 Å². The molecule has 3 aromatic heterocycles. The Labute approximate surface area is 151 Å². The summed E-state index contributed by atoms with van der Waals surface area (Å²) in [4.78, 5) is 22.0. The summed E-state index contributed by atoms with van der Waals surface area (Å²) in [5, 5.41) is 11.9. The quantitative estimate of drug-likeness (QED) is 0.752. The van der Waals surface area contributed by atoms with Gasteiger partial charge in [0.05, 0.1) is 11.7 Å². The zero-order valence-corrected chi connectivity index (χ0v) is 14.9. The number of likely N-dealkylation sites (tertiary alicyclic amines) is 1. The van der Waals surface area contributed by atoms with E-state index in [2.05, 4.69) is 36.8 Å². The van der Waals surface area contributed by atoms with Crippen LogP contribution in [0.25, 0.3) is 16.8 Å². The fourth-order valence-corrected chi connectivity index (χ4v) is 4.05. The van der Waals surface area contributed by atoms with Crippen LogP contribution in [0, 0.1) is 11.8 Å². The van der Waals surface area contributed by atoms with Gasteiger partial charge in [-0.2, -0.15) is 0 Å². The van der Waals surface area contributed by atoms with Crippen molar-refractivity contribution in [2.45, 2.75) is 32.1 Å². The number of rotatable bonds is 4. The first kappa shape index (κ1) is 15.6. The van der Waals surface area contributed by atoms with Crippen LogP contribution in [0.1, 0.15) is 37.9 Å². The number of fused-ring (bicyclic) bond motifs is 3. The van der Waals surface area contributed by atoms with Gasteiger partial charge in [-0.15, -0.1) is 10.2 Å². The molecule has 136 valence electrons. The summed E-state index contributed by atoms with van der Waals surface area (Å²) < 4.78 is 2.08. The summed E-state index contributed by atoms with van der Waals surface area (Å²) in [6.45, 7) is 4.44. The van der Waals surface area contributed by atoms with Crippen molar-refractivity contribution in [3.63, 3.8) is 0 Å². The lowest BCUT2D eigenvalue weighted by atomic mass is 9.93. The Morgan fingerprint density at radius 1 is 1.35 bits per heavy atom. The van der Waals surface area contributed by atoms with E-state index in [-0.39, 0.29) is 11.9 Å². The first-order chi connectivity index (χ1) is 12.7. The number of hydrogen-bond acceptors (Lipinski definition) is 4. The maximum atomic E-state index is 12.5. The molecule has 1 aliphatic heterocycles. The van der Waals surface area contributed by atoms with E-state index in [0.717, 1.165) is 42.1 Å². The van der Waals surface area contributed by atoms with Crippen molar-refractivity contribution in [1.82, 2.24) is 34.8 Å². The van der Waals surface area contributed by atoms with Crippen molar-refractivity contribution >= 4 is 22.8 Å². The van der Waals surface area contributed by atoms with E-state index in [1.165, 1.54) is 12.8 Å². The lowest BCUT2D eigenvalue weighted by molar-refractivity contribution is 0.206. The Morgan fingerprint density at radius 3 is 3.04 bits per heavy atom. The average Bonchev–Trinajstić information content (AvgIpc) is 3.06. The average molecular weight is 353 g/mol.